The maximum Gasteiger partial charge on any atom is 0.164 e. The number of amidine groups is 4. The van der Waals surface area contributed by atoms with E-state index in [1.807, 2.05) is 62.4 Å². The topological polar surface area (TPSA) is 84.0 Å². The molecule has 55 heavy (non-hydrogen) atoms. The molecule has 4 aliphatic rings. The van der Waals surface area contributed by atoms with Crippen molar-refractivity contribution in [2.24, 2.45) is 30.0 Å². The molecular formula is C38H33N8Y9-3. The minimum Gasteiger partial charge on any atom is -0.358 e. The summed E-state index contributed by atoms with van der Waals surface area (Å²) < 4.78 is 4.31. The number of aromatic nitrogens is 2. The van der Waals surface area contributed by atoms with E-state index < -0.39 is 0 Å². The summed E-state index contributed by atoms with van der Waals surface area (Å²) in [5, 5.41) is 4.02. The third kappa shape index (κ3) is 11.9. The van der Waals surface area contributed by atoms with E-state index in [4.69, 9.17) is 30.0 Å². The smallest absolute Gasteiger partial charge is 0.164 e. The second-order valence-corrected chi connectivity index (χ2v) is 10.4. The first kappa shape index (κ1) is 65.8. The van der Waals surface area contributed by atoms with E-state index in [9.17, 15) is 0 Å². The Kier molecular flexibility index (Phi) is 34.5. The number of fused-ring (bicyclic) bond motifs is 14. The summed E-state index contributed by atoms with van der Waals surface area (Å²) in [5.41, 5.74) is 5.45. The third-order valence-corrected chi connectivity index (χ3v) is 8.21. The summed E-state index contributed by atoms with van der Waals surface area (Å²) >= 11 is 0. The van der Waals surface area contributed by atoms with E-state index in [1.165, 1.54) is 0 Å². The van der Waals surface area contributed by atoms with Gasteiger partial charge in [-0.25, -0.2) is 30.0 Å². The molecule has 0 N–H and O–H groups in total. The summed E-state index contributed by atoms with van der Waals surface area (Å²) in [6.07, 6.45) is 0. The van der Waals surface area contributed by atoms with Crippen molar-refractivity contribution in [3.63, 3.8) is 0 Å². The van der Waals surface area contributed by atoms with Crippen LogP contribution in [0.2, 0.25) is 0 Å². The fourth-order valence-corrected chi connectivity index (χ4v) is 6.35. The van der Waals surface area contributed by atoms with Gasteiger partial charge in [-0.05, 0) is 0 Å². The first-order chi connectivity index (χ1) is 21.3. The van der Waals surface area contributed by atoms with Gasteiger partial charge < -0.3 is 22.3 Å². The summed E-state index contributed by atoms with van der Waals surface area (Å²) in [5.74, 6) is 4.18. The summed E-state index contributed by atoms with van der Waals surface area (Å²) in [6.45, 7) is 4.42. The fraction of sp³-hybridized carbons (Fsp3) is 0.0789. The van der Waals surface area contributed by atoms with Gasteiger partial charge in [0.2, 0.25) is 0 Å². The monoisotopic (exact) mass is 1400 g/mol. The number of hydrogen-bond donors (Lipinski definition) is 0. The van der Waals surface area contributed by atoms with Gasteiger partial charge in [0.15, 0.2) is 23.3 Å². The van der Waals surface area contributed by atoms with E-state index in [0.717, 1.165) is 66.4 Å². The van der Waals surface area contributed by atoms with Crippen LogP contribution in [-0.2, 0) is 301 Å². The normalized spacial score (nSPS) is 11.8. The molecule has 6 heterocycles. The van der Waals surface area contributed by atoms with Crippen LogP contribution in [0, 0.1) is 22.3 Å². The van der Waals surface area contributed by atoms with Crippen LogP contribution in [0.4, 0.5) is 11.6 Å². The Bertz CT molecular complexity index is 2320. The molecule has 17 heteroatoms. The van der Waals surface area contributed by atoms with Crippen LogP contribution in [0.5, 0.6) is 0 Å². The Morgan fingerprint density at radius 3 is 0.945 bits per heavy atom. The van der Waals surface area contributed by atoms with Crippen LogP contribution in [0.1, 0.15) is 36.1 Å². The molecule has 2 aromatic heterocycles. The molecule has 9 radical (unpaired) electrons. The van der Waals surface area contributed by atoms with Crippen molar-refractivity contribution in [1.29, 1.82) is 0 Å². The van der Waals surface area contributed by atoms with Crippen molar-refractivity contribution in [1.82, 2.24) is 9.13 Å². The molecule has 0 unspecified atom stereocenters. The van der Waals surface area contributed by atoms with E-state index in [-0.39, 0.29) is 317 Å². The Morgan fingerprint density at radius 2 is 0.618 bits per heavy atom. The summed E-state index contributed by atoms with van der Waals surface area (Å²) in [7, 11) is 0. The van der Waals surface area contributed by atoms with Crippen molar-refractivity contribution >= 4 is 56.5 Å². The van der Waals surface area contributed by atoms with Crippen molar-refractivity contribution in [2.45, 2.75) is 20.5 Å². The zero-order valence-corrected chi connectivity index (χ0v) is 57.3. The van der Waals surface area contributed by atoms with Crippen LogP contribution in [-0.4, -0.2) is 32.5 Å². The number of nitrogens with zero attached hydrogens (tertiary/aromatic N) is 8. The molecule has 0 amide bonds. The van der Waals surface area contributed by atoms with Crippen molar-refractivity contribution in [3.05, 3.63) is 153 Å². The largest absolute Gasteiger partial charge is 0.358 e. The SMILES string of the molecule is CC.[CH3-].[CH3-].[CH3-].[Y].[Y].[Y].[Y].[Y].[Y].[Y].[Y].[Y].c1ccc2c(c1)C1=NC2=Nc2c3ccccc3c3n2Cn2c(c4ccccc4c2=NC2=NC(=N3)c3ccccc32)=N1. The van der Waals surface area contributed by atoms with Gasteiger partial charge in [-0.3, -0.25) is 9.13 Å². The second-order valence-electron chi connectivity index (χ2n) is 10.4. The molecule has 0 saturated carbocycles. The fourth-order valence-electron chi connectivity index (χ4n) is 6.35. The number of rotatable bonds is 0. The Hall–Kier alpha value is 4.18. The second kappa shape index (κ2) is 28.9. The van der Waals surface area contributed by atoms with Crippen molar-refractivity contribution in [3.8, 4) is 0 Å². The molecule has 10 rings (SSSR count). The molecular weight excluding hydrogens is 1370 g/mol. The predicted molar refractivity (Wildman–Crippen MR) is 191 cm³/mol. The molecule has 0 saturated heterocycles. The summed E-state index contributed by atoms with van der Waals surface area (Å²) in [4.78, 5) is 30.9. The van der Waals surface area contributed by atoms with Gasteiger partial charge in [-0.15, -0.1) is 0 Å². The van der Waals surface area contributed by atoms with Crippen LogP contribution < -0.4 is 11.0 Å². The van der Waals surface area contributed by atoms with E-state index in [1.54, 1.807) is 0 Å². The molecule has 0 atom stereocenters. The third-order valence-electron chi connectivity index (χ3n) is 8.21. The number of hydrogen-bond acceptors (Lipinski definition) is 6. The zero-order chi connectivity index (χ0) is 28.7. The van der Waals surface area contributed by atoms with Crippen LogP contribution in [0.15, 0.2) is 127 Å². The van der Waals surface area contributed by atoms with E-state index >= 15 is 0 Å². The minimum absolute atomic E-state index is 0. The van der Waals surface area contributed by atoms with Crippen LogP contribution in [0.3, 0.4) is 0 Å². The van der Waals surface area contributed by atoms with Gasteiger partial charge in [0, 0.05) is 338 Å². The molecule has 255 valence electrons. The Labute approximate surface area is 550 Å². The molecule has 0 aliphatic carbocycles. The maximum atomic E-state index is 5.22. The molecule has 6 bridgehead atoms. The van der Waals surface area contributed by atoms with Gasteiger partial charge in [0.05, 0.1) is 0 Å². The standard InChI is InChI=1S/C33H18N8.C2H6.3CH3.9Y/c1-2-10-19-18(9-1)26-34-27(19)37-31-24-15-7-8-16-25(24)33-39-29-21-12-4-3-11-20(21)28(35-29)38-32-23-14-6-5-13-22(23)30(36-26)40(32)17-41(31)33;1-2;;;;;;;;;;;;/h1-16H,17H2;1-2H3;3*1H3;;;;;;;;;/q;;3*-1;;;;;;;;;. The van der Waals surface area contributed by atoms with Gasteiger partial charge in [0.25, 0.3) is 0 Å². The molecule has 4 aliphatic heterocycles. The average molecular weight is 1400 g/mol. The van der Waals surface area contributed by atoms with Gasteiger partial charge in [-0.1, -0.05) is 111 Å². The first-order valence-electron chi connectivity index (χ1n) is 14.5. The molecule has 0 spiro atoms. The summed E-state index contributed by atoms with van der Waals surface area (Å²) in [6, 6.07) is 32.9. The van der Waals surface area contributed by atoms with Gasteiger partial charge in [-0.2, -0.15) is 0 Å². The Morgan fingerprint density at radius 1 is 0.345 bits per heavy atom. The Balaban J connectivity index is -0.000000916. The minimum atomic E-state index is 0. The van der Waals surface area contributed by atoms with Gasteiger partial charge in [0.1, 0.15) is 29.3 Å². The van der Waals surface area contributed by atoms with Crippen molar-refractivity contribution < 1.29 is 294 Å². The molecule has 8 nitrogen and oxygen atoms in total. The van der Waals surface area contributed by atoms with Gasteiger partial charge >= 0.3 is 0 Å². The van der Waals surface area contributed by atoms with Crippen LogP contribution in [0.25, 0.3) is 21.5 Å². The van der Waals surface area contributed by atoms with Crippen LogP contribution >= 0.6 is 0 Å². The molecule has 4 aromatic carbocycles. The number of aliphatic imine (C=N–C) groups is 4. The first-order valence-corrected chi connectivity index (χ1v) is 14.5. The molecule has 0 fully saturated rings. The average Bonchev–Trinajstić information content (AvgIpc) is 3.76. The quantitative estimate of drug-likeness (QED) is 0.142. The molecule has 6 aromatic rings. The zero-order valence-electron chi connectivity index (χ0n) is 31.7. The predicted octanol–water partition coefficient (Wildman–Crippen LogP) is 7.40. The van der Waals surface area contributed by atoms with E-state index in [0.29, 0.717) is 30.0 Å². The van der Waals surface area contributed by atoms with Crippen molar-refractivity contribution in [2.75, 3.05) is 0 Å². The number of benzene rings is 4. The van der Waals surface area contributed by atoms with E-state index in [2.05, 4.69) is 57.7 Å². The maximum absolute atomic E-state index is 5.22.